The van der Waals surface area contributed by atoms with Crippen LogP contribution in [0.1, 0.15) is 50.7 Å². The molecule has 2 nitrogen and oxygen atoms in total. The first-order chi connectivity index (χ1) is 8.47. The van der Waals surface area contributed by atoms with Gasteiger partial charge in [0.25, 0.3) is 0 Å². The van der Waals surface area contributed by atoms with Gasteiger partial charge < -0.3 is 0 Å². The van der Waals surface area contributed by atoms with Crippen molar-refractivity contribution in [1.29, 1.82) is 0 Å². The summed E-state index contributed by atoms with van der Waals surface area (Å²) in [6.45, 7) is 6.50. The molecule has 0 saturated heterocycles. The molecule has 1 heterocycles. The molecule has 2 unspecified atom stereocenters. The first-order valence-electron chi connectivity index (χ1n) is 6.94. The van der Waals surface area contributed by atoms with E-state index in [1.54, 1.807) is 11.3 Å². The van der Waals surface area contributed by atoms with Gasteiger partial charge in [0.15, 0.2) is 0 Å². The topological polar surface area (TPSA) is 30.0 Å². The monoisotopic (exact) mass is 263 g/mol. The van der Waals surface area contributed by atoms with Crippen molar-refractivity contribution < 1.29 is 4.79 Å². The summed E-state index contributed by atoms with van der Waals surface area (Å²) in [6, 6.07) is 0. The molecule has 0 aromatic carbocycles. The van der Waals surface area contributed by atoms with E-state index in [9.17, 15) is 4.79 Å². The average molecular weight is 263 g/mol. The Morgan fingerprint density at radius 1 is 1.39 bits per heavy atom. The third-order valence-electron chi connectivity index (χ3n) is 4.42. The number of aromatic nitrogens is 1. The van der Waals surface area contributed by atoms with E-state index in [2.05, 4.69) is 31.1 Å². The minimum absolute atomic E-state index is 0.0912. The second-order valence-corrected chi connectivity index (χ2v) is 7.75. The molecule has 0 aliphatic heterocycles. The van der Waals surface area contributed by atoms with Crippen LogP contribution in [0.3, 0.4) is 0 Å². The van der Waals surface area contributed by atoms with Gasteiger partial charge >= 0.3 is 0 Å². The third-order valence-corrected chi connectivity index (χ3v) is 5.27. The third kappa shape index (κ3) is 2.13. The summed E-state index contributed by atoms with van der Waals surface area (Å²) in [5.41, 5.74) is 1.21. The normalized spacial score (nSPS) is 30.3. The number of thiazole rings is 1. The van der Waals surface area contributed by atoms with Crippen molar-refractivity contribution in [1.82, 2.24) is 4.98 Å². The molecule has 2 fully saturated rings. The van der Waals surface area contributed by atoms with E-state index in [1.807, 2.05) is 0 Å². The van der Waals surface area contributed by atoms with Gasteiger partial charge in [-0.25, -0.2) is 4.98 Å². The van der Waals surface area contributed by atoms with Crippen molar-refractivity contribution in [3.8, 4) is 0 Å². The first kappa shape index (κ1) is 12.3. The van der Waals surface area contributed by atoms with Gasteiger partial charge in [-0.3, -0.25) is 4.79 Å². The predicted octanol–water partition coefficient (Wildman–Crippen LogP) is 3.60. The van der Waals surface area contributed by atoms with Crippen molar-refractivity contribution in [2.45, 2.75) is 51.9 Å². The number of carbonyl (C=O) groups is 1. The average Bonchev–Trinajstić information content (AvgIpc) is 2.71. The van der Waals surface area contributed by atoms with Crippen LogP contribution in [0.15, 0.2) is 5.38 Å². The van der Waals surface area contributed by atoms with E-state index in [0.29, 0.717) is 18.1 Å². The van der Waals surface area contributed by atoms with Crippen molar-refractivity contribution in [2.24, 2.45) is 17.8 Å². The number of carbonyl (C=O) groups excluding carboxylic acids is 1. The van der Waals surface area contributed by atoms with Crippen LogP contribution < -0.4 is 0 Å². The lowest BCUT2D eigenvalue weighted by molar-refractivity contribution is -0.120. The maximum absolute atomic E-state index is 12.2. The molecule has 1 aromatic heterocycles. The van der Waals surface area contributed by atoms with Crippen molar-refractivity contribution in [2.75, 3.05) is 0 Å². The summed E-state index contributed by atoms with van der Waals surface area (Å²) >= 11 is 1.65. The molecular weight excluding hydrogens is 242 g/mol. The molecule has 0 spiro atoms. The quantitative estimate of drug-likeness (QED) is 0.834. The number of hydrogen-bond acceptors (Lipinski definition) is 3. The van der Waals surface area contributed by atoms with Crippen LogP contribution in [-0.4, -0.2) is 10.8 Å². The number of Topliss-reactive ketones (excluding diaryl/α,β-unsaturated/α-hetero) is 1. The standard InChI is InChI=1S/C15H21NOS/c1-15(2,3)12-8-18-13(16-12)7-11(17)14-9-5-4-6-10(9)14/h8-10,14H,4-7H2,1-3H3. The molecule has 2 atom stereocenters. The molecule has 0 bridgehead atoms. The smallest absolute Gasteiger partial charge is 0.143 e. The molecule has 1 aromatic rings. The number of rotatable bonds is 3. The number of ketones is 1. The van der Waals surface area contributed by atoms with Crippen molar-refractivity contribution in [3.05, 3.63) is 16.1 Å². The molecule has 0 amide bonds. The van der Waals surface area contributed by atoms with Crippen LogP contribution in [0.25, 0.3) is 0 Å². The second-order valence-electron chi connectivity index (χ2n) is 6.80. The largest absolute Gasteiger partial charge is 0.299 e. The predicted molar refractivity (Wildman–Crippen MR) is 73.8 cm³/mol. The van der Waals surface area contributed by atoms with Crippen molar-refractivity contribution >= 4 is 17.1 Å². The molecule has 3 heteroatoms. The summed E-state index contributed by atoms with van der Waals surface area (Å²) in [7, 11) is 0. The molecule has 3 rings (SSSR count). The van der Waals surface area contributed by atoms with Crippen LogP contribution in [0.5, 0.6) is 0 Å². The summed E-state index contributed by atoms with van der Waals surface area (Å²) in [4.78, 5) is 16.8. The van der Waals surface area contributed by atoms with E-state index >= 15 is 0 Å². The van der Waals surface area contributed by atoms with E-state index in [-0.39, 0.29) is 5.41 Å². The highest BCUT2D eigenvalue weighted by Gasteiger charge is 2.55. The highest BCUT2D eigenvalue weighted by molar-refractivity contribution is 7.09. The van der Waals surface area contributed by atoms with Gasteiger partial charge in [0, 0.05) is 16.7 Å². The van der Waals surface area contributed by atoms with E-state index in [0.717, 1.165) is 22.5 Å². The fourth-order valence-electron chi connectivity index (χ4n) is 3.30. The van der Waals surface area contributed by atoms with Crippen molar-refractivity contribution in [3.63, 3.8) is 0 Å². The van der Waals surface area contributed by atoms with E-state index in [4.69, 9.17) is 0 Å². The summed E-state index contributed by atoms with van der Waals surface area (Å²) in [5, 5.41) is 3.12. The molecule has 0 radical (unpaired) electrons. The van der Waals surface area contributed by atoms with E-state index in [1.165, 1.54) is 19.3 Å². The first-order valence-corrected chi connectivity index (χ1v) is 7.82. The van der Waals surface area contributed by atoms with E-state index < -0.39 is 0 Å². The maximum Gasteiger partial charge on any atom is 0.143 e. The molecule has 2 aliphatic rings. The fraction of sp³-hybridized carbons (Fsp3) is 0.733. The molecule has 2 aliphatic carbocycles. The van der Waals surface area contributed by atoms with Gasteiger partial charge in [0.2, 0.25) is 0 Å². The number of hydrogen-bond donors (Lipinski definition) is 0. The van der Waals surface area contributed by atoms with Gasteiger partial charge in [0.05, 0.1) is 12.1 Å². The van der Waals surface area contributed by atoms with Crippen LogP contribution in [-0.2, 0) is 16.6 Å². The van der Waals surface area contributed by atoms with Crippen LogP contribution in [0.2, 0.25) is 0 Å². The van der Waals surface area contributed by atoms with Crippen LogP contribution >= 0.6 is 11.3 Å². The Kier molecular flexibility index (Phi) is 2.85. The van der Waals surface area contributed by atoms with Gasteiger partial charge in [0.1, 0.15) is 10.8 Å². The zero-order valence-electron chi connectivity index (χ0n) is 11.4. The zero-order chi connectivity index (χ0) is 12.9. The number of fused-ring (bicyclic) bond motifs is 1. The molecule has 18 heavy (non-hydrogen) atoms. The lowest BCUT2D eigenvalue weighted by atomic mass is 9.93. The Hall–Kier alpha value is -0.700. The lowest BCUT2D eigenvalue weighted by Gasteiger charge is -2.14. The zero-order valence-corrected chi connectivity index (χ0v) is 12.2. The maximum atomic E-state index is 12.2. The Morgan fingerprint density at radius 3 is 2.61 bits per heavy atom. The highest BCUT2D eigenvalue weighted by atomic mass is 32.1. The second kappa shape index (κ2) is 4.16. The minimum atomic E-state index is 0.0912. The molecule has 2 saturated carbocycles. The molecular formula is C15H21NOS. The Morgan fingerprint density at radius 2 is 2.06 bits per heavy atom. The summed E-state index contributed by atoms with van der Waals surface area (Å²) in [6.07, 6.45) is 4.47. The fourth-order valence-corrected chi connectivity index (χ4v) is 4.33. The Bertz CT molecular complexity index is 461. The van der Waals surface area contributed by atoms with Gasteiger partial charge in [-0.05, 0) is 24.7 Å². The Labute approximate surface area is 113 Å². The Balaban J connectivity index is 1.63. The molecule has 0 N–H and O–H groups in total. The lowest BCUT2D eigenvalue weighted by Crippen LogP contribution is -2.13. The SMILES string of the molecule is CC(C)(C)c1csc(CC(=O)C2C3CCCC32)n1. The summed E-state index contributed by atoms with van der Waals surface area (Å²) < 4.78 is 0. The van der Waals surface area contributed by atoms with Crippen LogP contribution in [0.4, 0.5) is 0 Å². The highest BCUT2D eigenvalue weighted by Crippen LogP contribution is 2.58. The molecule has 98 valence electrons. The van der Waals surface area contributed by atoms with Crippen LogP contribution in [0, 0.1) is 17.8 Å². The summed E-state index contributed by atoms with van der Waals surface area (Å²) in [5.74, 6) is 2.30. The minimum Gasteiger partial charge on any atom is -0.299 e. The number of nitrogens with zero attached hydrogens (tertiary/aromatic N) is 1. The van der Waals surface area contributed by atoms with Gasteiger partial charge in [-0.1, -0.05) is 27.2 Å². The van der Waals surface area contributed by atoms with Gasteiger partial charge in [-0.15, -0.1) is 11.3 Å². The van der Waals surface area contributed by atoms with Gasteiger partial charge in [-0.2, -0.15) is 0 Å².